The first-order valence-corrected chi connectivity index (χ1v) is 6.81. The average molecular weight is 225 g/mol. The fourth-order valence-electron chi connectivity index (χ4n) is 2.05. The summed E-state index contributed by atoms with van der Waals surface area (Å²) in [7, 11) is -3.00. The highest BCUT2D eigenvalue weighted by Gasteiger charge is 2.55. The standard InChI is InChI=1S/C11H15NO2S/c1-2-15(13,14)11-9(10(11)12)8-6-4-3-5-7-8/h3-7,9-11H,2,12H2,1H3/t9-,10-,11-/m0/s1. The van der Waals surface area contributed by atoms with E-state index >= 15 is 0 Å². The molecule has 4 heteroatoms. The van der Waals surface area contributed by atoms with E-state index in [1.807, 2.05) is 30.3 Å². The highest BCUT2D eigenvalue weighted by atomic mass is 32.2. The lowest BCUT2D eigenvalue weighted by Gasteiger charge is -1.99. The fraction of sp³-hybridized carbons (Fsp3) is 0.455. The summed E-state index contributed by atoms with van der Waals surface area (Å²) < 4.78 is 23.4. The topological polar surface area (TPSA) is 60.2 Å². The molecular formula is C11H15NO2S. The molecule has 0 spiro atoms. The maximum atomic E-state index is 11.7. The second kappa shape index (κ2) is 3.61. The van der Waals surface area contributed by atoms with Crippen LogP contribution in [0.25, 0.3) is 0 Å². The molecule has 1 aromatic rings. The van der Waals surface area contributed by atoms with Gasteiger partial charge in [-0.25, -0.2) is 8.42 Å². The maximum absolute atomic E-state index is 11.7. The SMILES string of the molecule is CCS(=O)(=O)[C@@H]1[C@@H](N)[C@@H]1c1ccccc1. The molecule has 15 heavy (non-hydrogen) atoms. The Morgan fingerprint density at radius 1 is 1.27 bits per heavy atom. The van der Waals surface area contributed by atoms with Gasteiger partial charge in [-0.2, -0.15) is 0 Å². The second-order valence-corrected chi connectivity index (χ2v) is 6.38. The zero-order chi connectivity index (χ0) is 11.1. The van der Waals surface area contributed by atoms with Gasteiger partial charge in [0.25, 0.3) is 0 Å². The Hall–Kier alpha value is -0.870. The first kappa shape index (κ1) is 10.6. The Morgan fingerprint density at radius 3 is 2.40 bits per heavy atom. The molecule has 1 aromatic carbocycles. The summed E-state index contributed by atoms with van der Waals surface area (Å²) in [6.07, 6.45) is 0. The van der Waals surface area contributed by atoms with E-state index in [-0.39, 0.29) is 23.0 Å². The van der Waals surface area contributed by atoms with E-state index in [0.29, 0.717) is 0 Å². The first-order valence-electron chi connectivity index (χ1n) is 5.10. The van der Waals surface area contributed by atoms with Crippen LogP contribution in [-0.2, 0) is 9.84 Å². The molecule has 2 rings (SSSR count). The lowest BCUT2D eigenvalue weighted by Crippen LogP contribution is -2.17. The summed E-state index contributed by atoms with van der Waals surface area (Å²) in [5, 5.41) is -0.370. The van der Waals surface area contributed by atoms with Crippen molar-refractivity contribution in [1.82, 2.24) is 0 Å². The van der Waals surface area contributed by atoms with E-state index in [4.69, 9.17) is 5.73 Å². The van der Waals surface area contributed by atoms with Crippen LogP contribution in [0.1, 0.15) is 18.4 Å². The molecule has 0 saturated heterocycles. The molecular weight excluding hydrogens is 210 g/mol. The molecule has 1 saturated carbocycles. The maximum Gasteiger partial charge on any atom is 0.155 e. The molecule has 2 N–H and O–H groups in total. The Balaban J connectivity index is 2.24. The van der Waals surface area contributed by atoms with Crippen LogP contribution in [0.4, 0.5) is 0 Å². The van der Waals surface area contributed by atoms with Crippen LogP contribution in [0.15, 0.2) is 30.3 Å². The summed E-state index contributed by atoms with van der Waals surface area (Å²) in [5.41, 5.74) is 6.86. The van der Waals surface area contributed by atoms with Crippen molar-refractivity contribution in [3.8, 4) is 0 Å². The van der Waals surface area contributed by atoms with Crippen LogP contribution in [0.3, 0.4) is 0 Å². The number of hydrogen-bond donors (Lipinski definition) is 1. The molecule has 1 aliphatic rings. The normalized spacial score (nSPS) is 30.1. The Kier molecular flexibility index (Phi) is 2.56. The van der Waals surface area contributed by atoms with Gasteiger partial charge in [0.05, 0.1) is 5.25 Å². The van der Waals surface area contributed by atoms with Gasteiger partial charge in [-0.05, 0) is 5.56 Å². The molecule has 0 amide bonds. The smallest absolute Gasteiger partial charge is 0.155 e. The molecule has 1 aliphatic carbocycles. The lowest BCUT2D eigenvalue weighted by molar-refractivity contribution is 0.594. The van der Waals surface area contributed by atoms with Gasteiger partial charge in [-0.15, -0.1) is 0 Å². The molecule has 0 heterocycles. The Bertz CT molecular complexity index is 441. The summed E-state index contributed by atoms with van der Waals surface area (Å²) >= 11 is 0. The average Bonchev–Trinajstić information content (AvgIpc) is 2.92. The molecule has 82 valence electrons. The van der Waals surface area contributed by atoms with Crippen LogP contribution in [-0.4, -0.2) is 25.5 Å². The second-order valence-electron chi connectivity index (χ2n) is 3.93. The van der Waals surface area contributed by atoms with Crippen molar-refractivity contribution < 1.29 is 8.42 Å². The van der Waals surface area contributed by atoms with Crippen molar-refractivity contribution >= 4 is 9.84 Å². The summed E-state index contributed by atoms with van der Waals surface area (Å²) in [6.45, 7) is 1.67. The van der Waals surface area contributed by atoms with Gasteiger partial charge < -0.3 is 5.73 Å². The minimum absolute atomic E-state index is 0.00356. The van der Waals surface area contributed by atoms with Crippen LogP contribution in [0.5, 0.6) is 0 Å². The molecule has 3 nitrogen and oxygen atoms in total. The van der Waals surface area contributed by atoms with Gasteiger partial charge in [0.2, 0.25) is 0 Å². The van der Waals surface area contributed by atoms with E-state index in [9.17, 15) is 8.42 Å². The third-order valence-corrected chi connectivity index (χ3v) is 5.25. The van der Waals surface area contributed by atoms with Crippen molar-refractivity contribution in [3.05, 3.63) is 35.9 Å². The van der Waals surface area contributed by atoms with E-state index in [1.165, 1.54) is 0 Å². The Morgan fingerprint density at radius 2 is 1.87 bits per heavy atom. The van der Waals surface area contributed by atoms with E-state index in [2.05, 4.69) is 0 Å². The minimum Gasteiger partial charge on any atom is -0.326 e. The first-order chi connectivity index (χ1) is 7.08. The van der Waals surface area contributed by atoms with Crippen LogP contribution in [0.2, 0.25) is 0 Å². The van der Waals surface area contributed by atoms with Crippen LogP contribution < -0.4 is 5.73 Å². The van der Waals surface area contributed by atoms with Gasteiger partial charge in [0.15, 0.2) is 9.84 Å². The summed E-state index contributed by atoms with van der Waals surface area (Å²) in [4.78, 5) is 0. The molecule has 0 bridgehead atoms. The van der Waals surface area contributed by atoms with Crippen molar-refractivity contribution in [2.24, 2.45) is 5.73 Å². The third kappa shape index (κ3) is 1.79. The fourth-order valence-corrected chi connectivity index (χ4v) is 3.78. The molecule has 0 unspecified atom stereocenters. The van der Waals surface area contributed by atoms with E-state index < -0.39 is 9.84 Å². The largest absolute Gasteiger partial charge is 0.326 e. The van der Waals surface area contributed by atoms with Gasteiger partial charge >= 0.3 is 0 Å². The van der Waals surface area contributed by atoms with Gasteiger partial charge in [-0.1, -0.05) is 37.3 Å². The third-order valence-electron chi connectivity index (χ3n) is 3.01. The van der Waals surface area contributed by atoms with E-state index in [1.54, 1.807) is 6.92 Å². The van der Waals surface area contributed by atoms with Gasteiger partial charge in [0, 0.05) is 17.7 Å². The number of benzene rings is 1. The summed E-state index contributed by atoms with van der Waals surface area (Å²) in [5.74, 6) is 0.172. The molecule has 0 radical (unpaired) electrons. The van der Waals surface area contributed by atoms with Crippen LogP contribution >= 0.6 is 0 Å². The molecule has 3 atom stereocenters. The van der Waals surface area contributed by atoms with Crippen molar-refractivity contribution in [1.29, 1.82) is 0 Å². The van der Waals surface area contributed by atoms with Crippen molar-refractivity contribution in [3.63, 3.8) is 0 Å². The molecule has 1 fully saturated rings. The lowest BCUT2D eigenvalue weighted by atomic mass is 10.1. The monoisotopic (exact) mass is 225 g/mol. The number of hydrogen-bond acceptors (Lipinski definition) is 3. The highest BCUT2D eigenvalue weighted by molar-refractivity contribution is 7.92. The van der Waals surface area contributed by atoms with Gasteiger partial charge in [0.1, 0.15) is 0 Å². The Labute approximate surface area is 90.2 Å². The zero-order valence-electron chi connectivity index (χ0n) is 8.63. The molecule has 0 aliphatic heterocycles. The highest BCUT2D eigenvalue weighted by Crippen LogP contribution is 2.44. The number of rotatable bonds is 3. The summed E-state index contributed by atoms with van der Waals surface area (Å²) in [6, 6.07) is 9.40. The quantitative estimate of drug-likeness (QED) is 0.832. The predicted molar refractivity (Wildman–Crippen MR) is 60.4 cm³/mol. The zero-order valence-corrected chi connectivity index (χ0v) is 9.44. The predicted octanol–water partition coefficient (Wildman–Crippen LogP) is 0.914. The number of sulfone groups is 1. The van der Waals surface area contributed by atoms with Crippen LogP contribution in [0, 0.1) is 0 Å². The number of nitrogens with two attached hydrogens (primary N) is 1. The van der Waals surface area contributed by atoms with Crippen molar-refractivity contribution in [2.45, 2.75) is 24.1 Å². The van der Waals surface area contributed by atoms with Crippen molar-refractivity contribution in [2.75, 3.05) is 5.75 Å². The van der Waals surface area contributed by atoms with E-state index in [0.717, 1.165) is 5.56 Å². The van der Waals surface area contributed by atoms with Gasteiger partial charge in [-0.3, -0.25) is 0 Å². The molecule has 0 aromatic heterocycles. The minimum atomic E-state index is -3.00.